The molecular formula is C10H11N3S. The second kappa shape index (κ2) is 3.20. The van der Waals surface area contributed by atoms with E-state index in [9.17, 15) is 0 Å². The molecule has 4 heteroatoms. The summed E-state index contributed by atoms with van der Waals surface area (Å²) in [5, 5.41) is 0. The number of hydrogen-bond donors (Lipinski definition) is 0. The number of rotatable bonds is 1. The third kappa shape index (κ3) is 1.18. The summed E-state index contributed by atoms with van der Waals surface area (Å²) in [6, 6.07) is 2.60. The van der Waals surface area contributed by atoms with Crippen LogP contribution in [-0.2, 0) is 6.42 Å². The van der Waals surface area contributed by atoms with Crippen LogP contribution < -0.4 is 0 Å². The molecule has 1 aliphatic heterocycles. The number of hydrogen-bond acceptors (Lipinski definition) is 3. The van der Waals surface area contributed by atoms with E-state index in [1.807, 2.05) is 18.7 Å². The van der Waals surface area contributed by atoms with Gasteiger partial charge in [0, 0.05) is 23.0 Å². The molecule has 0 N–H and O–H groups in total. The smallest absolute Gasteiger partial charge is 0.0954 e. The summed E-state index contributed by atoms with van der Waals surface area (Å²) in [6.07, 6.45) is 9.44. The molecule has 0 aliphatic carbocycles. The van der Waals surface area contributed by atoms with Crippen molar-refractivity contribution in [2.75, 3.05) is 0 Å². The predicted octanol–water partition coefficient (Wildman–Crippen LogP) is 2.27. The molecule has 3 rings (SSSR count). The van der Waals surface area contributed by atoms with Gasteiger partial charge in [-0.3, -0.25) is 0 Å². The molecule has 3 heterocycles. The van der Waals surface area contributed by atoms with Gasteiger partial charge in [0.05, 0.1) is 12.4 Å². The van der Waals surface area contributed by atoms with Gasteiger partial charge >= 0.3 is 0 Å². The maximum Gasteiger partial charge on any atom is 0.0954 e. The lowest BCUT2D eigenvalue weighted by molar-refractivity contribution is 0.463. The number of aryl methyl sites for hydroxylation is 1. The van der Waals surface area contributed by atoms with Gasteiger partial charge in [0.1, 0.15) is 0 Å². The van der Waals surface area contributed by atoms with Crippen LogP contribution in [0.2, 0.25) is 0 Å². The first-order valence-corrected chi connectivity index (χ1v) is 5.64. The van der Waals surface area contributed by atoms with E-state index in [4.69, 9.17) is 0 Å². The highest BCUT2D eigenvalue weighted by Gasteiger charge is 2.21. The van der Waals surface area contributed by atoms with E-state index in [0.717, 1.165) is 6.42 Å². The second-order valence-corrected chi connectivity index (χ2v) is 4.48. The lowest BCUT2D eigenvalue weighted by atomic mass is 10.0. The Morgan fingerprint density at radius 2 is 2.50 bits per heavy atom. The summed E-state index contributed by atoms with van der Waals surface area (Å²) in [5.41, 5.74) is 1.36. The van der Waals surface area contributed by atoms with Crippen LogP contribution in [0, 0.1) is 0 Å². The van der Waals surface area contributed by atoms with Crippen molar-refractivity contribution in [3.63, 3.8) is 0 Å². The molecule has 0 radical (unpaired) electrons. The van der Waals surface area contributed by atoms with Crippen LogP contribution >= 0.6 is 11.5 Å². The molecule has 72 valence electrons. The Bertz CT molecular complexity index is 418. The highest BCUT2D eigenvalue weighted by atomic mass is 32.1. The van der Waals surface area contributed by atoms with Crippen LogP contribution in [-0.4, -0.2) is 13.9 Å². The van der Waals surface area contributed by atoms with Gasteiger partial charge in [-0.15, -0.1) is 0 Å². The molecule has 1 unspecified atom stereocenters. The quantitative estimate of drug-likeness (QED) is 0.715. The topological polar surface area (TPSA) is 30.7 Å². The van der Waals surface area contributed by atoms with Crippen LogP contribution in [0.15, 0.2) is 24.8 Å². The van der Waals surface area contributed by atoms with Gasteiger partial charge < -0.3 is 4.57 Å². The van der Waals surface area contributed by atoms with E-state index in [2.05, 4.69) is 20.0 Å². The lowest BCUT2D eigenvalue weighted by Crippen LogP contribution is -2.16. The Hall–Kier alpha value is -1.16. The Morgan fingerprint density at radius 3 is 3.36 bits per heavy atom. The minimum absolute atomic E-state index is 0.480. The number of nitrogens with zero attached hydrogens (tertiary/aromatic N) is 3. The van der Waals surface area contributed by atoms with Crippen molar-refractivity contribution >= 4 is 11.5 Å². The zero-order valence-corrected chi connectivity index (χ0v) is 8.57. The zero-order valence-electron chi connectivity index (χ0n) is 7.76. The molecule has 1 aliphatic rings. The fourth-order valence-electron chi connectivity index (χ4n) is 2.10. The summed E-state index contributed by atoms with van der Waals surface area (Å²) in [5.74, 6) is 0. The van der Waals surface area contributed by atoms with Crippen molar-refractivity contribution < 1.29 is 0 Å². The van der Waals surface area contributed by atoms with Gasteiger partial charge in [-0.2, -0.15) is 0 Å². The molecule has 2 aromatic rings. The first kappa shape index (κ1) is 8.17. The van der Waals surface area contributed by atoms with Gasteiger partial charge in [0.15, 0.2) is 0 Å². The summed E-state index contributed by atoms with van der Waals surface area (Å²) in [4.78, 5) is 5.56. The van der Waals surface area contributed by atoms with E-state index >= 15 is 0 Å². The molecule has 0 spiro atoms. The average molecular weight is 205 g/mol. The summed E-state index contributed by atoms with van der Waals surface area (Å²) in [6.45, 7) is 0. The fraction of sp³-hybridized carbons (Fsp3) is 0.400. The summed E-state index contributed by atoms with van der Waals surface area (Å²) >= 11 is 1.60. The van der Waals surface area contributed by atoms with Crippen molar-refractivity contribution in [1.29, 1.82) is 0 Å². The maximum absolute atomic E-state index is 4.21. The molecule has 0 fully saturated rings. The lowest BCUT2D eigenvalue weighted by Gasteiger charge is -2.23. The first-order valence-electron chi connectivity index (χ1n) is 4.86. The highest BCUT2D eigenvalue weighted by molar-refractivity contribution is 7.05. The van der Waals surface area contributed by atoms with Crippen molar-refractivity contribution in [3.8, 4) is 0 Å². The van der Waals surface area contributed by atoms with Crippen molar-refractivity contribution in [1.82, 2.24) is 13.9 Å². The molecular weight excluding hydrogens is 194 g/mol. The predicted molar refractivity (Wildman–Crippen MR) is 55.4 cm³/mol. The first-order chi connectivity index (χ1) is 6.95. The molecule has 14 heavy (non-hydrogen) atoms. The van der Waals surface area contributed by atoms with Gasteiger partial charge in [-0.1, -0.05) is 0 Å². The Kier molecular flexibility index (Phi) is 1.87. The standard InChI is InChI=1S/C10H11N3S/c1-2-8-6-11-7-13(8)9(3-1)10-4-5-12-14-10/h4-7,9H,1-3H2. The minimum atomic E-state index is 0.480. The maximum atomic E-state index is 4.21. The fourth-order valence-corrected chi connectivity index (χ4v) is 2.82. The van der Waals surface area contributed by atoms with Crippen molar-refractivity contribution in [3.05, 3.63) is 35.4 Å². The van der Waals surface area contributed by atoms with Gasteiger partial charge in [-0.05, 0) is 36.9 Å². The van der Waals surface area contributed by atoms with E-state index < -0.39 is 0 Å². The molecule has 1 atom stereocenters. The van der Waals surface area contributed by atoms with E-state index in [-0.39, 0.29) is 0 Å². The van der Waals surface area contributed by atoms with Crippen LogP contribution in [0.3, 0.4) is 0 Å². The zero-order chi connectivity index (χ0) is 9.38. The van der Waals surface area contributed by atoms with Gasteiger partial charge in [-0.25, -0.2) is 9.36 Å². The third-order valence-corrected chi connectivity index (χ3v) is 3.62. The monoisotopic (exact) mass is 205 g/mol. The summed E-state index contributed by atoms with van der Waals surface area (Å²) in [7, 11) is 0. The van der Waals surface area contributed by atoms with E-state index in [1.165, 1.54) is 23.4 Å². The highest BCUT2D eigenvalue weighted by Crippen LogP contribution is 2.31. The molecule has 0 amide bonds. The molecule has 0 saturated heterocycles. The van der Waals surface area contributed by atoms with Crippen LogP contribution in [0.5, 0.6) is 0 Å². The van der Waals surface area contributed by atoms with Crippen LogP contribution in [0.1, 0.15) is 29.5 Å². The Labute approximate surface area is 86.6 Å². The molecule has 2 aromatic heterocycles. The van der Waals surface area contributed by atoms with E-state index in [0.29, 0.717) is 6.04 Å². The number of fused-ring (bicyclic) bond motifs is 1. The molecule has 0 aromatic carbocycles. The normalized spacial score (nSPS) is 20.7. The average Bonchev–Trinajstić information content (AvgIpc) is 2.88. The van der Waals surface area contributed by atoms with Gasteiger partial charge in [0.2, 0.25) is 0 Å². The van der Waals surface area contributed by atoms with Crippen molar-refractivity contribution in [2.45, 2.75) is 25.3 Å². The minimum Gasteiger partial charge on any atom is -0.326 e. The van der Waals surface area contributed by atoms with E-state index in [1.54, 1.807) is 11.5 Å². The van der Waals surface area contributed by atoms with Crippen molar-refractivity contribution in [2.24, 2.45) is 0 Å². The van der Waals surface area contributed by atoms with Crippen LogP contribution in [0.4, 0.5) is 0 Å². The molecule has 0 bridgehead atoms. The van der Waals surface area contributed by atoms with Crippen LogP contribution in [0.25, 0.3) is 0 Å². The Balaban J connectivity index is 2.04. The second-order valence-electron chi connectivity index (χ2n) is 3.62. The number of imidazole rings is 1. The Morgan fingerprint density at radius 1 is 1.50 bits per heavy atom. The largest absolute Gasteiger partial charge is 0.326 e. The molecule has 3 nitrogen and oxygen atoms in total. The molecule has 0 saturated carbocycles. The third-order valence-electron chi connectivity index (χ3n) is 2.78. The van der Waals surface area contributed by atoms with Gasteiger partial charge in [0.25, 0.3) is 0 Å². The summed E-state index contributed by atoms with van der Waals surface area (Å²) < 4.78 is 6.45. The number of aromatic nitrogens is 3. The SMILES string of the molecule is c1cc(C2CCCc3cncn32)sn1.